The number of hydrogen-bond acceptors (Lipinski definition) is 1. The van der Waals surface area contributed by atoms with E-state index in [-0.39, 0.29) is 0 Å². The van der Waals surface area contributed by atoms with Gasteiger partial charge in [-0.15, -0.1) is 0 Å². The molecule has 1 unspecified atom stereocenters. The number of fused-ring (bicyclic) bond motifs is 1. The van der Waals surface area contributed by atoms with E-state index in [1.165, 1.54) is 30.4 Å². The molecular weight excluding hydrogens is 172 g/mol. The summed E-state index contributed by atoms with van der Waals surface area (Å²) >= 11 is 0. The molecule has 1 heterocycles. The van der Waals surface area contributed by atoms with E-state index in [4.69, 9.17) is 4.74 Å². The summed E-state index contributed by atoms with van der Waals surface area (Å²) < 4.78 is 5.75. The lowest BCUT2D eigenvalue weighted by atomic mass is 9.87. The van der Waals surface area contributed by atoms with E-state index >= 15 is 0 Å². The fraction of sp³-hybridized carbons (Fsp3) is 0.538. The third-order valence-electron chi connectivity index (χ3n) is 2.86. The molecule has 1 atom stereocenters. The minimum atomic E-state index is 0.378. The van der Waals surface area contributed by atoms with Crippen LogP contribution in [0.3, 0.4) is 0 Å². The highest BCUT2D eigenvalue weighted by molar-refractivity contribution is 5.40. The van der Waals surface area contributed by atoms with E-state index in [0.29, 0.717) is 6.10 Å². The zero-order valence-corrected chi connectivity index (χ0v) is 8.88. The SMILES string of the molecule is C=C(C)/C=C1\CCOC2CCCC=C12. The lowest BCUT2D eigenvalue weighted by Crippen LogP contribution is -2.25. The van der Waals surface area contributed by atoms with Crippen molar-refractivity contribution in [1.29, 1.82) is 0 Å². The second-order valence-corrected chi connectivity index (χ2v) is 4.22. The van der Waals surface area contributed by atoms with Crippen molar-refractivity contribution < 1.29 is 4.74 Å². The molecule has 0 N–H and O–H groups in total. The Kier molecular flexibility index (Phi) is 2.87. The Bertz CT molecular complexity index is 296. The monoisotopic (exact) mass is 190 g/mol. The summed E-state index contributed by atoms with van der Waals surface area (Å²) in [4.78, 5) is 0. The second kappa shape index (κ2) is 4.14. The van der Waals surface area contributed by atoms with Crippen LogP contribution in [-0.4, -0.2) is 12.7 Å². The Morgan fingerprint density at radius 1 is 1.64 bits per heavy atom. The van der Waals surface area contributed by atoms with Crippen molar-refractivity contribution in [2.45, 2.75) is 38.7 Å². The molecule has 1 aliphatic carbocycles. The molecule has 1 saturated heterocycles. The van der Waals surface area contributed by atoms with Gasteiger partial charge in [0.25, 0.3) is 0 Å². The summed E-state index contributed by atoms with van der Waals surface area (Å²) in [6, 6.07) is 0. The highest BCUT2D eigenvalue weighted by atomic mass is 16.5. The maximum atomic E-state index is 5.75. The van der Waals surface area contributed by atoms with Gasteiger partial charge in [-0.05, 0) is 43.8 Å². The molecule has 2 rings (SSSR count). The lowest BCUT2D eigenvalue weighted by Gasteiger charge is -2.31. The Balaban J connectivity index is 2.24. The normalized spacial score (nSPS) is 29.6. The van der Waals surface area contributed by atoms with E-state index in [1.54, 1.807) is 0 Å². The predicted octanol–water partition coefficient (Wildman–Crippen LogP) is 3.39. The van der Waals surface area contributed by atoms with Crippen LogP contribution in [0.25, 0.3) is 0 Å². The maximum Gasteiger partial charge on any atom is 0.0824 e. The van der Waals surface area contributed by atoms with Crippen molar-refractivity contribution in [3.05, 3.63) is 35.5 Å². The molecule has 1 aliphatic heterocycles. The van der Waals surface area contributed by atoms with Gasteiger partial charge in [-0.25, -0.2) is 0 Å². The molecule has 2 aliphatic rings. The summed E-state index contributed by atoms with van der Waals surface area (Å²) in [6.45, 7) is 6.87. The van der Waals surface area contributed by atoms with Crippen LogP contribution >= 0.6 is 0 Å². The molecule has 0 aromatic heterocycles. The summed E-state index contributed by atoms with van der Waals surface area (Å²) in [7, 11) is 0. The molecule has 0 amide bonds. The largest absolute Gasteiger partial charge is 0.373 e. The summed E-state index contributed by atoms with van der Waals surface area (Å²) in [5.74, 6) is 0. The number of ether oxygens (including phenoxy) is 1. The van der Waals surface area contributed by atoms with Crippen molar-refractivity contribution in [3.8, 4) is 0 Å². The van der Waals surface area contributed by atoms with Crippen molar-refractivity contribution >= 4 is 0 Å². The van der Waals surface area contributed by atoms with E-state index in [9.17, 15) is 0 Å². The van der Waals surface area contributed by atoms with E-state index in [0.717, 1.165) is 18.6 Å². The Hall–Kier alpha value is -0.820. The van der Waals surface area contributed by atoms with Gasteiger partial charge in [0.1, 0.15) is 0 Å². The second-order valence-electron chi connectivity index (χ2n) is 4.22. The molecule has 1 heteroatoms. The quantitative estimate of drug-likeness (QED) is 0.616. The van der Waals surface area contributed by atoms with Gasteiger partial charge in [0.15, 0.2) is 0 Å². The van der Waals surface area contributed by atoms with Crippen molar-refractivity contribution in [2.24, 2.45) is 0 Å². The zero-order chi connectivity index (χ0) is 9.97. The van der Waals surface area contributed by atoms with Gasteiger partial charge < -0.3 is 4.74 Å². The number of hydrogen-bond donors (Lipinski definition) is 0. The van der Waals surface area contributed by atoms with Crippen LogP contribution in [0.1, 0.15) is 32.6 Å². The topological polar surface area (TPSA) is 9.23 Å². The first-order valence-corrected chi connectivity index (χ1v) is 5.45. The number of allylic oxidation sites excluding steroid dienone is 3. The molecule has 0 bridgehead atoms. The van der Waals surface area contributed by atoms with Crippen molar-refractivity contribution in [3.63, 3.8) is 0 Å². The standard InChI is InChI=1S/C13H18O/c1-10(2)9-11-7-8-14-13-6-4-3-5-12(11)13/h5,9,13H,1,3-4,6-8H2,2H3/b11-9+. The van der Waals surface area contributed by atoms with Crippen molar-refractivity contribution in [1.82, 2.24) is 0 Å². The van der Waals surface area contributed by atoms with Gasteiger partial charge in [0, 0.05) is 0 Å². The molecule has 14 heavy (non-hydrogen) atoms. The van der Waals surface area contributed by atoms with Crippen molar-refractivity contribution in [2.75, 3.05) is 6.61 Å². The minimum absolute atomic E-state index is 0.378. The highest BCUT2D eigenvalue weighted by Gasteiger charge is 2.24. The summed E-state index contributed by atoms with van der Waals surface area (Å²) in [5, 5.41) is 0. The fourth-order valence-corrected chi connectivity index (χ4v) is 2.27. The molecule has 0 aromatic rings. The summed E-state index contributed by atoms with van der Waals surface area (Å²) in [5.41, 5.74) is 4.03. The molecule has 0 aromatic carbocycles. The summed E-state index contributed by atoms with van der Waals surface area (Å²) in [6.07, 6.45) is 9.67. The molecule has 76 valence electrons. The maximum absolute atomic E-state index is 5.75. The Labute approximate surface area is 86.2 Å². The van der Waals surface area contributed by atoms with Gasteiger partial charge in [0.2, 0.25) is 0 Å². The van der Waals surface area contributed by atoms with Gasteiger partial charge in [-0.3, -0.25) is 0 Å². The third kappa shape index (κ3) is 1.98. The molecular formula is C13H18O. The van der Waals surface area contributed by atoms with Gasteiger partial charge in [-0.2, -0.15) is 0 Å². The smallest absolute Gasteiger partial charge is 0.0824 e. The first-order chi connectivity index (χ1) is 6.77. The van der Waals surface area contributed by atoms with Gasteiger partial charge >= 0.3 is 0 Å². The molecule has 1 fully saturated rings. The van der Waals surface area contributed by atoms with Crippen LogP contribution in [0.2, 0.25) is 0 Å². The average molecular weight is 190 g/mol. The highest BCUT2D eigenvalue weighted by Crippen LogP contribution is 2.33. The van der Waals surface area contributed by atoms with Gasteiger partial charge in [0.05, 0.1) is 12.7 Å². The van der Waals surface area contributed by atoms with Crippen LogP contribution in [0, 0.1) is 0 Å². The average Bonchev–Trinajstić information content (AvgIpc) is 2.18. The van der Waals surface area contributed by atoms with Crippen LogP contribution < -0.4 is 0 Å². The molecule has 0 radical (unpaired) electrons. The lowest BCUT2D eigenvalue weighted by molar-refractivity contribution is 0.0567. The van der Waals surface area contributed by atoms with E-state index in [1.807, 2.05) is 0 Å². The van der Waals surface area contributed by atoms with E-state index < -0.39 is 0 Å². The minimum Gasteiger partial charge on any atom is -0.373 e. The molecule has 1 nitrogen and oxygen atoms in total. The third-order valence-corrected chi connectivity index (χ3v) is 2.86. The Morgan fingerprint density at radius 3 is 3.29 bits per heavy atom. The molecule has 0 saturated carbocycles. The number of rotatable bonds is 1. The first kappa shape index (κ1) is 9.72. The Morgan fingerprint density at radius 2 is 2.50 bits per heavy atom. The fourth-order valence-electron chi connectivity index (χ4n) is 2.27. The van der Waals surface area contributed by atoms with Gasteiger partial charge in [-0.1, -0.05) is 24.3 Å². The van der Waals surface area contributed by atoms with E-state index in [2.05, 4.69) is 25.7 Å². The van der Waals surface area contributed by atoms with Crippen LogP contribution in [0.5, 0.6) is 0 Å². The van der Waals surface area contributed by atoms with Crippen LogP contribution in [0.4, 0.5) is 0 Å². The molecule has 0 spiro atoms. The predicted molar refractivity (Wildman–Crippen MR) is 59.2 cm³/mol. The zero-order valence-electron chi connectivity index (χ0n) is 8.88. The first-order valence-electron chi connectivity index (χ1n) is 5.45. The van der Waals surface area contributed by atoms with Crippen LogP contribution in [0.15, 0.2) is 35.5 Å². The van der Waals surface area contributed by atoms with Crippen LogP contribution in [-0.2, 0) is 4.74 Å².